The van der Waals surface area contributed by atoms with Crippen molar-refractivity contribution in [2.24, 2.45) is 5.92 Å². The van der Waals surface area contributed by atoms with Crippen molar-refractivity contribution < 1.29 is 13.2 Å². The number of rotatable bonds is 5. The molecule has 3 unspecified atom stereocenters. The van der Waals surface area contributed by atoms with E-state index in [4.69, 9.17) is 23.2 Å². The molecule has 166 valence electrons. The number of fused-ring (bicyclic) bond motifs is 2. The van der Waals surface area contributed by atoms with E-state index < -0.39 is 16.1 Å². The van der Waals surface area contributed by atoms with Crippen LogP contribution in [0.2, 0.25) is 10.0 Å². The van der Waals surface area contributed by atoms with Crippen molar-refractivity contribution >= 4 is 39.1 Å². The first-order chi connectivity index (χ1) is 14.8. The van der Waals surface area contributed by atoms with Gasteiger partial charge in [0.25, 0.3) is 0 Å². The van der Waals surface area contributed by atoms with E-state index in [9.17, 15) is 13.2 Å². The second-order valence-electron chi connectivity index (χ2n) is 8.16. The van der Waals surface area contributed by atoms with Gasteiger partial charge in [0.2, 0.25) is 15.9 Å². The number of pyridine rings is 1. The van der Waals surface area contributed by atoms with Crippen LogP contribution in [0, 0.1) is 5.92 Å². The minimum absolute atomic E-state index is 0.0300. The monoisotopic (exact) mass is 481 g/mol. The molecule has 0 aliphatic carbocycles. The Morgan fingerprint density at radius 2 is 1.87 bits per heavy atom. The molecular formula is C22H25Cl2N3O3S. The Hall–Kier alpha value is -1.67. The lowest BCUT2D eigenvalue weighted by molar-refractivity contribution is -0.135. The molecule has 0 radical (unpaired) electrons. The summed E-state index contributed by atoms with van der Waals surface area (Å²) in [5, 5.41) is 0.502. The average Bonchev–Trinajstić information content (AvgIpc) is 2.81. The fraction of sp³-hybridized carbons (Fsp3) is 0.455. The number of nitrogens with zero attached hydrogens (tertiary/aromatic N) is 3. The molecule has 0 spiro atoms. The second kappa shape index (κ2) is 9.06. The van der Waals surface area contributed by atoms with E-state index in [1.54, 1.807) is 11.1 Å². The zero-order valence-corrected chi connectivity index (χ0v) is 19.6. The van der Waals surface area contributed by atoms with Crippen LogP contribution in [0.4, 0.5) is 0 Å². The fourth-order valence-corrected chi connectivity index (χ4v) is 7.38. The van der Waals surface area contributed by atoms with Gasteiger partial charge in [-0.05, 0) is 55.5 Å². The summed E-state index contributed by atoms with van der Waals surface area (Å²) in [4.78, 5) is 19.7. The van der Waals surface area contributed by atoms with Crippen molar-refractivity contribution in [1.82, 2.24) is 14.2 Å². The zero-order valence-electron chi connectivity index (χ0n) is 17.2. The molecule has 4 rings (SSSR count). The van der Waals surface area contributed by atoms with E-state index in [0.717, 1.165) is 25.0 Å². The Bertz CT molecular complexity index is 1040. The number of aromatic nitrogens is 1. The largest absolute Gasteiger partial charge is 0.335 e. The lowest BCUT2D eigenvalue weighted by Gasteiger charge is -2.40. The zero-order chi connectivity index (χ0) is 22.2. The average molecular weight is 482 g/mol. The van der Waals surface area contributed by atoms with Gasteiger partial charge < -0.3 is 4.90 Å². The molecule has 2 bridgehead atoms. The van der Waals surface area contributed by atoms with Crippen LogP contribution in [0.1, 0.15) is 38.3 Å². The van der Waals surface area contributed by atoms with Crippen LogP contribution in [0.3, 0.4) is 0 Å². The normalized spacial score (nSPS) is 24.8. The van der Waals surface area contributed by atoms with Crippen LogP contribution in [0.25, 0.3) is 0 Å². The highest BCUT2D eigenvalue weighted by Crippen LogP contribution is 2.39. The third-order valence-corrected chi connectivity index (χ3v) is 8.57. The molecule has 3 atom stereocenters. The Morgan fingerprint density at radius 3 is 2.52 bits per heavy atom. The predicted octanol–water partition coefficient (Wildman–Crippen LogP) is 4.37. The third-order valence-electron chi connectivity index (χ3n) is 6.22. The number of hydrogen-bond acceptors (Lipinski definition) is 4. The first-order valence-corrected chi connectivity index (χ1v) is 12.7. The molecule has 2 aliphatic rings. The van der Waals surface area contributed by atoms with Gasteiger partial charge in [0.15, 0.2) is 0 Å². The minimum atomic E-state index is -3.96. The Labute approximate surface area is 193 Å². The maximum Gasteiger partial charge on any atom is 0.244 e. The van der Waals surface area contributed by atoms with Gasteiger partial charge >= 0.3 is 0 Å². The Kier molecular flexibility index (Phi) is 6.58. The van der Waals surface area contributed by atoms with E-state index in [0.29, 0.717) is 19.5 Å². The van der Waals surface area contributed by atoms with E-state index in [1.807, 2.05) is 25.1 Å². The number of hydrogen-bond donors (Lipinski definition) is 0. The molecule has 9 heteroatoms. The summed E-state index contributed by atoms with van der Waals surface area (Å²) in [7, 11) is -3.96. The van der Waals surface area contributed by atoms with Gasteiger partial charge in [0.05, 0.1) is 17.1 Å². The molecule has 2 aromatic rings. The van der Waals surface area contributed by atoms with Crippen LogP contribution in [0.15, 0.2) is 47.5 Å². The van der Waals surface area contributed by atoms with Crippen molar-refractivity contribution in [3.63, 3.8) is 0 Å². The van der Waals surface area contributed by atoms with Crippen LogP contribution >= 0.6 is 23.2 Å². The van der Waals surface area contributed by atoms with E-state index >= 15 is 0 Å². The van der Waals surface area contributed by atoms with Crippen LogP contribution < -0.4 is 0 Å². The van der Waals surface area contributed by atoms with Crippen molar-refractivity contribution in [1.29, 1.82) is 0 Å². The van der Waals surface area contributed by atoms with Gasteiger partial charge in [-0.15, -0.1) is 0 Å². The number of halogens is 2. The molecular weight excluding hydrogens is 457 g/mol. The lowest BCUT2D eigenvalue weighted by Crippen LogP contribution is -2.54. The molecule has 3 heterocycles. The van der Waals surface area contributed by atoms with Gasteiger partial charge in [-0.2, -0.15) is 4.31 Å². The molecule has 1 aromatic carbocycles. The summed E-state index contributed by atoms with van der Waals surface area (Å²) >= 11 is 12.2. The topological polar surface area (TPSA) is 70.6 Å². The molecule has 2 fully saturated rings. The molecule has 0 N–H and O–H groups in total. The maximum absolute atomic E-state index is 13.8. The second-order valence-corrected chi connectivity index (χ2v) is 10.9. The van der Waals surface area contributed by atoms with Crippen LogP contribution in [-0.4, -0.2) is 47.1 Å². The van der Waals surface area contributed by atoms with Crippen molar-refractivity contribution in [3.8, 4) is 0 Å². The molecule has 6 nitrogen and oxygen atoms in total. The summed E-state index contributed by atoms with van der Waals surface area (Å²) in [6, 6.07) is 8.93. The number of carbonyl (C=O) groups excluding carboxylic acids is 1. The molecule has 31 heavy (non-hydrogen) atoms. The van der Waals surface area contributed by atoms with Gasteiger partial charge in [0.1, 0.15) is 6.04 Å². The number of carbonyl (C=O) groups is 1. The van der Waals surface area contributed by atoms with Crippen molar-refractivity contribution in [2.45, 2.75) is 56.1 Å². The van der Waals surface area contributed by atoms with Crippen LogP contribution in [-0.2, 0) is 21.4 Å². The van der Waals surface area contributed by atoms with Crippen molar-refractivity contribution in [3.05, 3.63) is 58.3 Å². The quantitative estimate of drug-likeness (QED) is 0.635. The predicted molar refractivity (Wildman–Crippen MR) is 120 cm³/mol. The highest BCUT2D eigenvalue weighted by Gasteiger charge is 2.49. The van der Waals surface area contributed by atoms with Crippen LogP contribution in [0.5, 0.6) is 0 Å². The Morgan fingerprint density at radius 1 is 1.13 bits per heavy atom. The third kappa shape index (κ3) is 4.46. The van der Waals surface area contributed by atoms with E-state index in [-0.39, 0.29) is 32.8 Å². The number of benzene rings is 1. The lowest BCUT2D eigenvalue weighted by atomic mass is 9.89. The number of piperidine rings is 1. The highest BCUT2D eigenvalue weighted by atomic mass is 35.5. The van der Waals surface area contributed by atoms with Gasteiger partial charge in [-0.3, -0.25) is 9.78 Å². The van der Waals surface area contributed by atoms with E-state index in [1.165, 1.54) is 22.5 Å². The van der Waals surface area contributed by atoms with Gasteiger partial charge in [-0.1, -0.05) is 42.6 Å². The summed E-state index contributed by atoms with van der Waals surface area (Å²) in [6.45, 7) is 2.93. The molecule has 2 saturated heterocycles. The van der Waals surface area contributed by atoms with Crippen molar-refractivity contribution in [2.75, 3.05) is 6.54 Å². The molecule has 1 aromatic heterocycles. The smallest absolute Gasteiger partial charge is 0.244 e. The summed E-state index contributed by atoms with van der Waals surface area (Å²) in [6.07, 6.45) is 4.52. The van der Waals surface area contributed by atoms with E-state index in [2.05, 4.69) is 4.98 Å². The molecule has 0 saturated carbocycles. The summed E-state index contributed by atoms with van der Waals surface area (Å²) in [5.74, 6) is -0.134. The summed E-state index contributed by atoms with van der Waals surface area (Å²) < 4.78 is 29.0. The number of sulfonamides is 1. The highest BCUT2D eigenvalue weighted by molar-refractivity contribution is 7.89. The number of amides is 1. The standard InChI is InChI=1S/C22H25Cl2N3O3S/c1-2-15-13-26(14-18-6-3-4-9-25-18)22(28)21-8-5-7-20(15)27(21)31(29,30)19-11-16(23)10-17(24)12-19/h3-4,6,9-12,15,20-21H,2,5,7-8,13-14H2,1H3. The fourth-order valence-electron chi connectivity index (χ4n) is 4.76. The molecule has 1 amide bonds. The first kappa shape index (κ1) is 22.5. The summed E-state index contributed by atoms with van der Waals surface area (Å²) in [5.41, 5.74) is 0.790. The minimum Gasteiger partial charge on any atom is -0.335 e. The SMILES string of the molecule is CCC1CN(Cc2ccccn2)C(=O)C2CCCC1N2S(=O)(=O)c1cc(Cl)cc(Cl)c1. The maximum atomic E-state index is 13.8. The van der Waals surface area contributed by atoms with Gasteiger partial charge in [-0.25, -0.2) is 8.42 Å². The van der Waals surface area contributed by atoms with Gasteiger partial charge in [0, 0.05) is 28.8 Å². The Balaban J connectivity index is 1.75. The first-order valence-electron chi connectivity index (χ1n) is 10.5. The molecule has 2 aliphatic heterocycles.